The lowest BCUT2D eigenvalue weighted by Crippen LogP contribution is -2.41. The fourth-order valence-corrected chi connectivity index (χ4v) is 1.64. The van der Waals surface area contributed by atoms with Crippen molar-refractivity contribution in [2.75, 3.05) is 27.3 Å². The SMILES string of the molecule is COCC(N)CN(C)C(=O)c1c(F)cc(F)cc1F. The number of ether oxygens (including phenoxy) is 1. The quantitative estimate of drug-likeness (QED) is 0.877. The molecule has 0 aliphatic rings. The molecule has 1 aromatic carbocycles. The van der Waals surface area contributed by atoms with Gasteiger partial charge in [-0.2, -0.15) is 0 Å². The molecule has 0 saturated heterocycles. The Labute approximate surface area is 108 Å². The third kappa shape index (κ3) is 3.93. The van der Waals surface area contributed by atoms with Crippen molar-refractivity contribution in [3.63, 3.8) is 0 Å². The number of hydrogen-bond donors (Lipinski definition) is 1. The van der Waals surface area contributed by atoms with Crippen molar-refractivity contribution in [3.8, 4) is 0 Å². The van der Waals surface area contributed by atoms with Gasteiger partial charge >= 0.3 is 0 Å². The minimum absolute atomic E-state index is 0.0585. The van der Waals surface area contributed by atoms with Crippen LogP contribution in [0.5, 0.6) is 0 Å². The number of amides is 1. The van der Waals surface area contributed by atoms with Crippen LogP contribution in [0.2, 0.25) is 0 Å². The van der Waals surface area contributed by atoms with Gasteiger partial charge in [0.2, 0.25) is 0 Å². The Kier molecular flexibility index (Phi) is 5.31. The van der Waals surface area contributed by atoms with E-state index in [1.165, 1.54) is 14.2 Å². The third-order valence-electron chi connectivity index (χ3n) is 2.46. The van der Waals surface area contributed by atoms with Gasteiger partial charge in [-0.05, 0) is 0 Å². The molecule has 0 aromatic heterocycles. The van der Waals surface area contributed by atoms with E-state index in [-0.39, 0.29) is 13.2 Å². The highest BCUT2D eigenvalue weighted by molar-refractivity contribution is 5.94. The first-order valence-electron chi connectivity index (χ1n) is 5.51. The van der Waals surface area contributed by atoms with Gasteiger partial charge in [-0.1, -0.05) is 0 Å². The summed E-state index contributed by atoms with van der Waals surface area (Å²) in [6.45, 7) is 0.259. The molecule has 0 bridgehead atoms. The summed E-state index contributed by atoms with van der Waals surface area (Å²) in [6.07, 6.45) is 0. The van der Waals surface area contributed by atoms with Crippen molar-refractivity contribution in [3.05, 3.63) is 35.1 Å². The second kappa shape index (κ2) is 6.53. The van der Waals surface area contributed by atoms with Crippen LogP contribution in [0, 0.1) is 17.5 Å². The fourth-order valence-electron chi connectivity index (χ4n) is 1.64. The molecule has 1 unspecified atom stereocenters. The summed E-state index contributed by atoms with van der Waals surface area (Å²) < 4.78 is 44.4. The second-order valence-corrected chi connectivity index (χ2v) is 4.15. The zero-order chi connectivity index (χ0) is 14.6. The Morgan fingerprint density at radius 1 is 1.37 bits per heavy atom. The van der Waals surface area contributed by atoms with E-state index in [4.69, 9.17) is 10.5 Å². The summed E-state index contributed by atoms with van der Waals surface area (Å²) >= 11 is 0. The maximum Gasteiger partial charge on any atom is 0.259 e. The molecule has 0 spiro atoms. The number of carbonyl (C=O) groups excluding carboxylic acids is 1. The zero-order valence-corrected chi connectivity index (χ0v) is 10.6. The van der Waals surface area contributed by atoms with Gasteiger partial charge in [0.25, 0.3) is 5.91 Å². The number of rotatable bonds is 5. The highest BCUT2D eigenvalue weighted by atomic mass is 19.1. The topological polar surface area (TPSA) is 55.6 Å². The van der Waals surface area contributed by atoms with E-state index in [0.29, 0.717) is 12.1 Å². The summed E-state index contributed by atoms with van der Waals surface area (Å²) in [7, 11) is 2.79. The van der Waals surface area contributed by atoms with Gasteiger partial charge in [-0.15, -0.1) is 0 Å². The summed E-state index contributed by atoms with van der Waals surface area (Å²) in [5.41, 5.74) is 4.84. The van der Waals surface area contributed by atoms with Crippen LogP contribution in [0.3, 0.4) is 0 Å². The fraction of sp³-hybridized carbons (Fsp3) is 0.417. The van der Waals surface area contributed by atoms with Crippen molar-refractivity contribution in [2.24, 2.45) is 5.73 Å². The predicted molar refractivity (Wildman–Crippen MR) is 63.1 cm³/mol. The molecule has 1 rings (SSSR count). The van der Waals surface area contributed by atoms with Crippen molar-refractivity contribution >= 4 is 5.91 Å². The number of likely N-dealkylation sites (N-methyl/N-ethyl adjacent to an activating group) is 1. The maximum atomic E-state index is 13.4. The summed E-state index contributed by atoms with van der Waals surface area (Å²) in [5, 5.41) is 0. The molecule has 0 saturated carbocycles. The lowest BCUT2D eigenvalue weighted by atomic mass is 10.1. The maximum absolute atomic E-state index is 13.4. The summed E-state index contributed by atoms with van der Waals surface area (Å²) in [4.78, 5) is 12.9. The summed E-state index contributed by atoms with van der Waals surface area (Å²) in [5.74, 6) is -4.46. The average Bonchev–Trinajstić information content (AvgIpc) is 2.27. The molecule has 1 atom stereocenters. The lowest BCUT2D eigenvalue weighted by Gasteiger charge is -2.21. The van der Waals surface area contributed by atoms with Gasteiger partial charge < -0.3 is 15.4 Å². The van der Waals surface area contributed by atoms with Crippen LogP contribution in [0.25, 0.3) is 0 Å². The van der Waals surface area contributed by atoms with Gasteiger partial charge in [0.05, 0.1) is 6.61 Å². The highest BCUT2D eigenvalue weighted by Gasteiger charge is 2.23. The minimum atomic E-state index is -1.24. The first-order valence-corrected chi connectivity index (χ1v) is 5.51. The van der Waals surface area contributed by atoms with E-state index >= 15 is 0 Å². The number of methoxy groups -OCH3 is 1. The van der Waals surface area contributed by atoms with Crippen LogP contribution in [-0.4, -0.2) is 44.2 Å². The first-order chi connectivity index (χ1) is 8.86. The minimum Gasteiger partial charge on any atom is -0.383 e. The Bertz CT molecular complexity index is 445. The summed E-state index contributed by atoms with van der Waals surface area (Å²) in [6, 6.07) is 0.434. The van der Waals surface area contributed by atoms with Gasteiger partial charge in [-0.25, -0.2) is 13.2 Å². The lowest BCUT2D eigenvalue weighted by molar-refractivity contribution is 0.0755. The first kappa shape index (κ1) is 15.5. The van der Waals surface area contributed by atoms with E-state index in [9.17, 15) is 18.0 Å². The highest BCUT2D eigenvalue weighted by Crippen LogP contribution is 2.16. The third-order valence-corrected chi connectivity index (χ3v) is 2.46. The molecule has 106 valence electrons. The van der Waals surface area contributed by atoms with Crippen molar-refractivity contribution in [1.29, 1.82) is 0 Å². The number of nitrogens with zero attached hydrogens (tertiary/aromatic N) is 1. The molecule has 1 aromatic rings. The van der Waals surface area contributed by atoms with Crippen LogP contribution < -0.4 is 5.73 Å². The Morgan fingerprint density at radius 3 is 2.37 bits per heavy atom. The second-order valence-electron chi connectivity index (χ2n) is 4.15. The molecule has 0 aliphatic carbocycles. The van der Waals surface area contributed by atoms with Gasteiger partial charge in [-0.3, -0.25) is 4.79 Å². The molecule has 0 fully saturated rings. The molecule has 4 nitrogen and oxygen atoms in total. The number of benzene rings is 1. The molecule has 19 heavy (non-hydrogen) atoms. The van der Waals surface area contributed by atoms with Crippen LogP contribution >= 0.6 is 0 Å². The van der Waals surface area contributed by atoms with Crippen molar-refractivity contribution in [1.82, 2.24) is 4.90 Å². The molecular weight excluding hydrogens is 261 g/mol. The number of halogens is 3. The van der Waals surface area contributed by atoms with E-state index in [0.717, 1.165) is 4.90 Å². The van der Waals surface area contributed by atoms with Crippen LogP contribution in [-0.2, 0) is 4.74 Å². The number of hydrogen-bond acceptors (Lipinski definition) is 3. The van der Waals surface area contributed by atoms with Gasteiger partial charge in [0.1, 0.15) is 23.0 Å². The largest absolute Gasteiger partial charge is 0.383 e. The van der Waals surface area contributed by atoms with Crippen LogP contribution in [0.1, 0.15) is 10.4 Å². The van der Waals surface area contributed by atoms with E-state index < -0.39 is 35.0 Å². The molecule has 0 heterocycles. The molecule has 0 radical (unpaired) electrons. The zero-order valence-electron chi connectivity index (χ0n) is 10.6. The Hall–Kier alpha value is -1.60. The molecule has 1 amide bonds. The van der Waals surface area contributed by atoms with Gasteiger partial charge in [0.15, 0.2) is 0 Å². The average molecular weight is 276 g/mol. The Morgan fingerprint density at radius 2 is 1.89 bits per heavy atom. The smallest absolute Gasteiger partial charge is 0.259 e. The molecule has 0 aliphatic heterocycles. The van der Waals surface area contributed by atoms with Gasteiger partial charge in [0, 0.05) is 38.9 Å². The van der Waals surface area contributed by atoms with Crippen molar-refractivity contribution < 1.29 is 22.7 Å². The molecule has 7 heteroatoms. The monoisotopic (exact) mass is 276 g/mol. The Balaban J connectivity index is 2.88. The van der Waals surface area contributed by atoms with E-state index in [1.54, 1.807) is 0 Å². The van der Waals surface area contributed by atoms with Crippen LogP contribution in [0.4, 0.5) is 13.2 Å². The molecular formula is C12H15F3N2O2. The van der Waals surface area contributed by atoms with Crippen LogP contribution in [0.15, 0.2) is 12.1 Å². The predicted octanol–water partition coefficient (Wildman–Crippen LogP) is 1.15. The van der Waals surface area contributed by atoms with E-state index in [1.807, 2.05) is 0 Å². The number of carbonyl (C=O) groups is 1. The van der Waals surface area contributed by atoms with E-state index in [2.05, 4.69) is 0 Å². The molecule has 2 N–H and O–H groups in total. The normalized spacial score (nSPS) is 12.3. The number of nitrogens with two attached hydrogens (primary N) is 1. The van der Waals surface area contributed by atoms with Crippen molar-refractivity contribution in [2.45, 2.75) is 6.04 Å². The standard InChI is InChI=1S/C12H15F3N2O2/c1-17(5-8(16)6-19-2)12(18)11-9(14)3-7(13)4-10(11)15/h3-4,8H,5-6,16H2,1-2H3.